The van der Waals surface area contributed by atoms with Crippen LogP contribution in [0.1, 0.15) is 29.3 Å². The van der Waals surface area contributed by atoms with Crippen LogP contribution in [0.2, 0.25) is 0 Å². The lowest BCUT2D eigenvalue weighted by Crippen LogP contribution is -2.45. The van der Waals surface area contributed by atoms with E-state index in [-0.39, 0.29) is 11.9 Å². The number of esters is 1. The molecule has 0 spiro atoms. The third kappa shape index (κ3) is 5.14. The van der Waals surface area contributed by atoms with Crippen molar-refractivity contribution in [1.29, 1.82) is 0 Å². The molecule has 1 fully saturated rings. The lowest BCUT2D eigenvalue weighted by atomic mass is 10.1. The first-order valence-electron chi connectivity index (χ1n) is 9.90. The van der Waals surface area contributed by atoms with Crippen LogP contribution in [-0.4, -0.2) is 66.0 Å². The largest absolute Gasteiger partial charge is 0.465 e. The van der Waals surface area contributed by atoms with E-state index in [9.17, 15) is 14.4 Å². The first-order valence-corrected chi connectivity index (χ1v) is 9.90. The van der Waals surface area contributed by atoms with Crippen molar-refractivity contribution in [2.24, 2.45) is 0 Å². The molecule has 0 unspecified atom stereocenters. The van der Waals surface area contributed by atoms with Crippen molar-refractivity contribution in [2.75, 3.05) is 38.2 Å². The Morgan fingerprint density at radius 2 is 1.70 bits per heavy atom. The summed E-state index contributed by atoms with van der Waals surface area (Å²) in [6.07, 6.45) is 2.38. The molecule has 2 aromatic rings. The fourth-order valence-electron chi connectivity index (χ4n) is 3.40. The number of aromatic nitrogens is 1. The molecule has 2 heterocycles. The van der Waals surface area contributed by atoms with Crippen LogP contribution in [0.4, 0.5) is 10.6 Å². The second kappa shape index (κ2) is 9.87. The summed E-state index contributed by atoms with van der Waals surface area (Å²) in [6, 6.07) is 12.2. The lowest BCUT2D eigenvalue weighted by molar-refractivity contribution is -0.128. The molecule has 3 amide bonds. The number of hydrogen-bond donors (Lipinski definition) is 0. The number of ether oxygens (including phenoxy) is 1. The number of nitrogens with zero attached hydrogens (tertiary/aromatic N) is 4. The summed E-state index contributed by atoms with van der Waals surface area (Å²) in [5, 5.41) is 0. The fraction of sp³-hybridized carbons (Fsp3) is 0.364. The number of pyridine rings is 1. The maximum Gasteiger partial charge on any atom is 0.337 e. The zero-order valence-electron chi connectivity index (χ0n) is 17.3. The predicted octanol–water partition coefficient (Wildman–Crippen LogP) is 2.55. The summed E-state index contributed by atoms with van der Waals surface area (Å²) in [5.41, 5.74) is 1.32. The number of amides is 3. The number of rotatable bonds is 4. The second-order valence-electron chi connectivity index (χ2n) is 7.09. The van der Waals surface area contributed by atoms with Crippen LogP contribution in [-0.2, 0) is 16.1 Å². The summed E-state index contributed by atoms with van der Waals surface area (Å²) in [6.45, 7) is 4.08. The molecule has 0 radical (unpaired) electrons. The highest BCUT2D eigenvalue weighted by Crippen LogP contribution is 2.18. The molecule has 30 heavy (non-hydrogen) atoms. The number of hydrogen-bond acceptors (Lipinski definition) is 5. The number of carbonyl (C=O) groups is 3. The summed E-state index contributed by atoms with van der Waals surface area (Å²) in [7, 11) is 1.34. The molecule has 3 rings (SSSR count). The van der Waals surface area contributed by atoms with Gasteiger partial charge in [-0.1, -0.05) is 18.2 Å². The number of carbonyl (C=O) groups excluding carboxylic acids is 3. The summed E-state index contributed by atoms with van der Waals surface area (Å²) in [4.78, 5) is 46.2. The van der Waals surface area contributed by atoms with Gasteiger partial charge in [0.05, 0.1) is 19.2 Å². The highest BCUT2D eigenvalue weighted by Gasteiger charge is 2.26. The van der Waals surface area contributed by atoms with Gasteiger partial charge >= 0.3 is 12.0 Å². The Morgan fingerprint density at radius 3 is 2.33 bits per heavy atom. The van der Waals surface area contributed by atoms with Crippen molar-refractivity contribution < 1.29 is 19.1 Å². The lowest BCUT2D eigenvalue weighted by Gasteiger charge is -2.29. The molecule has 0 aliphatic carbocycles. The molecule has 8 heteroatoms. The van der Waals surface area contributed by atoms with Gasteiger partial charge in [0.1, 0.15) is 5.82 Å². The Hall–Kier alpha value is -3.42. The van der Waals surface area contributed by atoms with Crippen molar-refractivity contribution in [1.82, 2.24) is 14.8 Å². The fourth-order valence-corrected chi connectivity index (χ4v) is 3.40. The Labute approximate surface area is 176 Å². The van der Waals surface area contributed by atoms with Gasteiger partial charge in [-0.25, -0.2) is 14.6 Å². The van der Waals surface area contributed by atoms with E-state index < -0.39 is 5.97 Å². The Morgan fingerprint density at radius 1 is 1.00 bits per heavy atom. The minimum Gasteiger partial charge on any atom is -0.465 e. The monoisotopic (exact) mass is 410 g/mol. The molecule has 0 N–H and O–H groups in total. The molecule has 1 aliphatic heterocycles. The van der Waals surface area contributed by atoms with E-state index in [4.69, 9.17) is 4.74 Å². The second-order valence-corrected chi connectivity index (χ2v) is 7.09. The van der Waals surface area contributed by atoms with Gasteiger partial charge in [0, 0.05) is 39.3 Å². The van der Waals surface area contributed by atoms with Gasteiger partial charge in [0.25, 0.3) is 0 Å². The minimum absolute atomic E-state index is 0.0246. The maximum atomic E-state index is 13.4. The molecule has 8 nitrogen and oxygen atoms in total. The van der Waals surface area contributed by atoms with Crippen LogP contribution in [0, 0.1) is 0 Å². The number of benzene rings is 1. The van der Waals surface area contributed by atoms with E-state index in [2.05, 4.69) is 4.98 Å². The SMILES string of the molecule is COC(=O)c1ccc(CN(C(=O)N2CCCN(C(C)=O)CC2)c2ccccn2)cc1. The third-order valence-corrected chi connectivity index (χ3v) is 5.08. The molecule has 0 saturated carbocycles. The molecule has 0 atom stereocenters. The molecule has 1 aliphatic rings. The maximum absolute atomic E-state index is 13.4. The van der Waals surface area contributed by atoms with Crippen LogP contribution in [0.25, 0.3) is 0 Å². The van der Waals surface area contributed by atoms with E-state index in [0.29, 0.717) is 44.1 Å². The topological polar surface area (TPSA) is 83.0 Å². The zero-order chi connectivity index (χ0) is 21.5. The van der Waals surface area contributed by atoms with Crippen LogP contribution >= 0.6 is 0 Å². The van der Waals surface area contributed by atoms with E-state index in [1.807, 2.05) is 6.07 Å². The van der Waals surface area contributed by atoms with E-state index >= 15 is 0 Å². The Balaban J connectivity index is 1.80. The molecular weight excluding hydrogens is 384 g/mol. The highest BCUT2D eigenvalue weighted by atomic mass is 16.5. The summed E-state index contributed by atoms with van der Waals surface area (Å²) >= 11 is 0. The Bertz CT molecular complexity index is 886. The van der Waals surface area contributed by atoms with Gasteiger partial charge < -0.3 is 14.5 Å². The van der Waals surface area contributed by atoms with Crippen LogP contribution < -0.4 is 4.90 Å². The zero-order valence-corrected chi connectivity index (χ0v) is 17.3. The average molecular weight is 410 g/mol. The van der Waals surface area contributed by atoms with Gasteiger partial charge in [-0.05, 0) is 36.2 Å². The van der Waals surface area contributed by atoms with Crippen LogP contribution in [0.3, 0.4) is 0 Å². The van der Waals surface area contributed by atoms with Crippen molar-refractivity contribution in [3.8, 4) is 0 Å². The van der Waals surface area contributed by atoms with E-state index in [1.54, 1.807) is 64.2 Å². The smallest absolute Gasteiger partial charge is 0.337 e. The number of anilines is 1. The summed E-state index contributed by atoms with van der Waals surface area (Å²) in [5.74, 6) is 0.169. The van der Waals surface area contributed by atoms with Crippen molar-refractivity contribution in [2.45, 2.75) is 19.9 Å². The van der Waals surface area contributed by atoms with Crippen molar-refractivity contribution in [3.05, 3.63) is 59.8 Å². The van der Waals surface area contributed by atoms with E-state index in [1.165, 1.54) is 7.11 Å². The van der Waals surface area contributed by atoms with E-state index in [0.717, 1.165) is 12.0 Å². The molecule has 1 aromatic carbocycles. The van der Waals surface area contributed by atoms with Crippen molar-refractivity contribution >= 4 is 23.7 Å². The molecular formula is C22H26N4O4. The van der Waals surface area contributed by atoms with Gasteiger partial charge in [-0.2, -0.15) is 0 Å². The molecule has 1 saturated heterocycles. The van der Waals surface area contributed by atoms with Crippen LogP contribution in [0.15, 0.2) is 48.7 Å². The van der Waals surface area contributed by atoms with Gasteiger partial charge in [0.15, 0.2) is 0 Å². The standard InChI is InChI=1S/C22H26N4O4/c1-17(27)24-12-5-13-25(15-14-24)22(29)26(20-6-3-4-11-23-20)16-18-7-9-19(10-8-18)21(28)30-2/h3-4,6-11H,5,12-16H2,1-2H3. The summed E-state index contributed by atoms with van der Waals surface area (Å²) < 4.78 is 4.73. The minimum atomic E-state index is -0.404. The van der Waals surface area contributed by atoms with Crippen molar-refractivity contribution in [3.63, 3.8) is 0 Å². The Kier molecular flexibility index (Phi) is 7.00. The molecule has 1 aromatic heterocycles. The molecule has 158 valence electrons. The predicted molar refractivity (Wildman–Crippen MR) is 112 cm³/mol. The number of methoxy groups -OCH3 is 1. The third-order valence-electron chi connectivity index (χ3n) is 5.08. The first kappa shape index (κ1) is 21.3. The molecule has 0 bridgehead atoms. The van der Waals surface area contributed by atoms with Gasteiger partial charge in [-0.15, -0.1) is 0 Å². The first-order chi connectivity index (χ1) is 14.5. The highest BCUT2D eigenvalue weighted by molar-refractivity contribution is 5.91. The van der Waals surface area contributed by atoms with Gasteiger partial charge in [0.2, 0.25) is 5.91 Å². The quantitative estimate of drug-likeness (QED) is 0.724. The van der Waals surface area contributed by atoms with Gasteiger partial charge in [-0.3, -0.25) is 9.69 Å². The normalized spacial score (nSPS) is 14.1. The average Bonchev–Trinajstić information content (AvgIpc) is 3.04. The number of urea groups is 1. The van der Waals surface area contributed by atoms with Crippen LogP contribution in [0.5, 0.6) is 0 Å².